The van der Waals surface area contributed by atoms with E-state index in [1.54, 1.807) is 12.1 Å². The largest absolute Gasteiger partial charge is 0.389 e. The predicted octanol–water partition coefficient (Wildman–Crippen LogP) is 2.55. The van der Waals surface area contributed by atoms with E-state index in [2.05, 4.69) is 5.10 Å². The quantitative estimate of drug-likeness (QED) is 0.615. The number of halogens is 1. The monoisotopic (exact) mass is 346 g/mol. The topological polar surface area (TPSA) is 81.3 Å². The number of nitrogens with zero attached hydrogens (tertiary/aromatic N) is 4. The smallest absolute Gasteiger partial charge is 0.358 e. The molecule has 1 fully saturated rings. The number of amides is 1. The van der Waals surface area contributed by atoms with Crippen LogP contribution in [0.1, 0.15) is 24.8 Å². The van der Waals surface area contributed by atoms with E-state index in [9.17, 15) is 19.3 Å². The van der Waals surface area contributed by atoms with Crippen LogP contribution in [0.2, 0.25) is 0 Å². The van der Waals surface area contributed by atoms with Crippen molar-refractivity contribution in [2.45, 2.75) is 38.3 Å². The third-order valence-electron chi connectivity index (χ3n) is 4.44. The molecule has 1 saturated heterocycles. The van der Waals surface area contributed by atoms with Crippen molar-refractivity contribution in [2.24, 2.45) is 0 Å². The van der Waals surface area contributed by atoms with Crippen molar-refractivity contribution in [1.29, 1.82) is 0 Å². The molecule has 1 aliphatic heterocycles. The zero-order valence-corrected chi connectivity index (χ0v) is 13.7. The number of rotatable bonds is 5. The van der Waals surface area contributed by atoms with Crippen molar-refractivity contribution < 1.29 is 14.1 Å². The molecule has 132 valence electrons. The number of aromatic nitrogens is 2. The molecule has 1 atom stereocenters. The molecular formula is C17H19FN4O3. The molecule has 0 spiro atoms. The van der Waals surface area contributed by atoms with Crippen molar-refractivity contribution in [1.82, 2.24) is 14.7 Å². The summed E-state index contributed by atoms with van der Waals surface area (Å²) >= 11 is 0. The molecule has 8 heteroatoms. The normalized spacial score (nSPS) is 17.5. The van der Waals surface area contributed by atoms with Gasteiger partial charge in [-0.1, -0.05) is 12.1 Å². The Hall–Kier alpha value is -2.77. The first kappa shape index (κ1) is 17.1. The third kappa shape index (κ3) is 4.20. The highest BCUT2D eigenvalue weighted by atomic mass is 19.1. The van der Waals surface area contributed by atoms with E-state index in [0.29, 0.717) is 13.0 Å². The molecule has 3 rings (SSSR count). The summed E-state index contributed by atoms with van der Waals surface area (Å²) in [6.45, 7) is 0.641. The lowest BCUT2D eigenvalue weighted by molar-refractivity contribution is -0.389. The molecule has 2 heterocycles. The number of carbonyl (C=O) groups excluding carboxylic acids is 1. The van der Waals surface area contributed by atoms with Crippen molar-refractivity contribution in [3.8, 4) is 0 Å². The van der Waals surface area contributed by atoms with Crippen molar-refractivity contribution in [3.63, 3.8) is 0 Å². The summed E-state index contributed by atoms with van der Waals surface area (Å²) in [5.74, 6) is -0.653. The molecule has 7 nitrogen and oxygen atoms in total. The average molecular weight is 346 g/mol. The second-order valence-electron chi connectivity index (χ2n) is 6.20. The van der Waals surface area contributed by atoms with E-state index in [4.69, 9.17) is 0 Å². The van der Waals surface area contributed by atoms with Crippen LogP contribution in [0.4, 0.5) is 10.2 Å². The maximum Gasteiger partial charge on any atom is 0.389 e. The molecule has 2 aromatic rings. The first-order valence-electron chi connectivity index (χ1n) is 8.24. The number of piperidine rings is 1. The highest BCUT2D eigenvalue weighted by molar-refractivity contribution is 5.76. The van der Waals surface area contributed by atoms with Gasteiger partial charge >= 0.3 is 5.82 Å². The number of carbonyl (C=O) groups is 1. The number of nitro groups is 1. The minimum absolute atomic E-state index is 0.0201. The van der Waals surface area contributed by atoms with Gasteiger partial charge in [-0.05, 0) is 48.3 Å². The van der Waals surface area contributed by atoms with Gasteiger partial charge in [-0.2, -0.15) is 4.68 Å². The van der Waals surface area contributed by atoms with Crippen LogP contribution in [-0.2, 0) is 17.8 Å². The van der Waals surface area contributed by atoms with Crippen LogP contribution in [0, 0.1) is 15.9 Å². The Labute approximate surface area is 144 Å². The summed E-state index contributed by atoms with van der Waals surface area (Å²) in [5.41, 5.74) is 0.987. The zero-order valence-electron chi connectivity index (χ0n) is 13.7. The van der Waals surface area contributed by atoms with Gasteiger partial charge in [0, 0.05) is 12.6 Å². The molecule has 0 N–H and O–H groups in total. The van der Waals surface area contributed by atoms with E-state index in [-0.39, 0.29) is 30.1 Å². The fraction of sp³-hybridized carbons (Fsp3) is 0.412. The van der Waals surface area contributed by atoms with Gasteiger partial charge in [0.05, 0.1) is 17.4 Å². The number of benzene rings is 1. The number of hydrogen-bond donors (Lipinski definition) is 0. The Kier molecular flexibility index (Phi) is 5.06. The van der Waals surface area contributed by atoms with Crippen LogP contribution < -0.4 is 0 Å². The second kappa shape index (κ2) is 7.42. The molecule has 0 radical (unpaired) electrons. The molecule has 1 aromatic heterocycles. The molecule has 1 aromatic carbocycles. The Morgan fingerprint density at radius 1 is 1.28 bits per heavy atom. The van der Waals surface area contributed by atoms with Gasteiger partial charge in [0.1, 0.15) is 12.4 Å². The van der Waals surface area contributed by atoms with E-state index >= 15 is 0 Å². The van der Waals surface area contributed by atoms with Crippen molar-refractivity contribution in [3.05, 3.63) is 58.0 Å². The molecule has 1 unspecified atom stereocenters. The lowest BCUT2D eigenvalue weighted by Crippen LogP contribution is -2.46. The molecule has 0 saturated carbocycles. The van der Waals surface area contributed by atoms with Crippen molar-refractivity contribution in [2.75, 3.05) is 6.54 Å². The fourth-order valence-corrected chi connectivity index (χ4v) is 3.20. The second-order valence-corrected chi connectivity index (χ2v) is 6.20. The van der Waals surface area contributed by atoms with Gasteiger partial charge in [0.2, 0.25) is 5.91 Å². The summed E-state index contributed by atoms with van der Waals surface area (Å²) in [5, 5.41) is 14.5. The average Bonchev–Trinajstić information content (AvgIpc) is 3.06. The van der Waals surface area contributed by atoms with Gasteiger partial charge in [0.25, 0.3) is 0 Å². The van der Waals surface area contributed by atoms with E-state index in [1.807, 2.05) is 4.90 Å². The number of hydrogen-bond acceptors (Lipinski definition) is 4. The summed E-state index contributed by atoms with van der Waals surface area (Å²) in [6, 6.07) is 7.66. The minimum Gasteiger partial charge on any atom is -0.358 e. The number of likely N-dealkylation sites (tertiary alicyclic amines) is 1. The van der Waals surface area contributed by atoms with E-state index in [0.717, 1.165) is 24.8 Å². The standard InChI is InChI=1S/C17H19FN4O3/c18-14-6-4-13(5-7-14)11-15-3-1-2-9-21(15)17(23)12-20-10-8-16(19-20)22(24)25/h4-8,10,15H,1-3,9,11-12H2. The molecule has 25 heavy (non-hydrogen) atoms. The summed E-state index contributed by atoms with van der Waals surface area (Å²) < 4.78 is 14.3. The first-order chi connectivity index (χ1) is 12.0. The molecule has 0 aliphatic carbocycles. The lowest BCUT2D eigenvalue weighted by atomic mass is 9.95. The van der Waals surface area contributed by atoms with Crippen LogP contribution in [0.5, 0.6) is 0 Å². The van der Waals surface area contributed by atoms with Crippen LogP contribution in [0.3, 0.4) is 0 Å². The third-order valence-corrected chi connectivity index (χ3v) is 4.44. The predicted molar refractivity (Wildman–Crippen MR) is 88.3 cm³/mol. The van der Waals surface area contributed by atoms with Gasteiger partial charge in [-0.25, -0.2) is 4.39 Å². The Morgan fingerprint density at radius 3 is 2.72 bits per heavy atom. The van der Waals surface area contributed by atoms with E-state index < -0.39 is 4.92 Å². The summed E-state index contributed by atoms with van der Waals surface area (Å²) in [6.07, 6.45) is 4.98. The fourth-order valence-electron chi connectivity index (χ4n) is 3.20. The molecule has 0 bridgehead atoms. The Bertz CT molecular complexity index is 760. The maximum absolute atomic E-state index is 13.0. The molecule has 1 aliphatic rings. The molecule has 1 amide bonds. The van der Waals surface area contributed by atoms with Crippen LogP contribution in [-0.4, -0.2) is 38.1 Å². The lowest BCUT2D eigenvalue weighted by Gasteiger charge is -2.35. The Balaban J connectivity index is 1.67. The first-order valence-corrected chi connectivity index (χ1v) is 8.24. The van der Waals surface area contributed by atoms with Gasteiger partial charge in [0.15, 0.2) is 0 Å². The summed E-state index contributed by atoms with van der Waals surface area (Å²) in [4.78, 5) is 24.6. The van der Waals surface area contributed by atoms with Gasteiger partial charge in [-0.3, -0.25) is 4.79 Å². The highest BCUT2D eigenvalue weighted by Gasteiger charge is 2.27. The highest BCUT2D eigenvalue weighted by Crippen LogP contribution is 2.21. The molecular weight excluding hydrogens is 327 g/mol. The minimum atomic E-state index is -0.584. The maximum atomic E-state index is 13.0. The van der Waals surface area contributed by atoms with Crippen molar-refractivity contribution >= 4 is 11.7 Å². The van der Waals surface area contributed by atoms with Gasteiger partial charge in [-0.15, -0.1) is 0 Å². The van der Waals surface area contributed by atoms with E-state index in [1.165, 1.54) is 29.1 Å². The van der Waals surface area contributed by atoms with Crippen LogP contribution >= 0.6 is 0 Å². The Morgan fingerprint density at radius 2 is 2.04 bits per heavy atom. The van der Waals surface area contributed by atoms with Gasteiger partial charge < -0.3 is 15.0 Å². The zero-order chi connectivity index (χ0) is 17.8. The van der Waals surface area contributed by atoms with Crippen LogP contribution in [0.15, 0.2) is 36.5 Å². The van der Waals surface area contributed by atoms with Crippen LogP contribution in [0.25, 0.3) is 0 Å². The SMILES string of the molecule is O=C(Cn1ccc([N+](=O)[O-])n1)N1CCCCC1Cc1ccc(F)cc1. The summed E-state index contributed by atoms with van der Waals surface area (Å²) in [7, 11) is 0.